The lowest BCUT2D eigenvalue weighted by molar-refractivity contribution is 0.594. The van der Waals surface area contributed by atoms with Gasteiger partial charge in [-0.1, -0.05) is 54.6 Å². The highest BCUT2D eigenvalue weighted by atomic mass is 32.2. The van der Waals surface area contributed by atoms with Gasteiger partial charge in [-0.3, -0.25) is 4.31 Å². The third kappa shape index (κ3) is 3.19. The first-order valence-electron chi connectivity index (χ1n) is 7.69. The van der Waals surface area contributed by atoms with Crippen LogP contribution in [-0.4, -0.2) is 15.5 Å². The van der Waals surface area contributed by atoms with E-state index in [-0.39, 0.29) is 4.90 Å². The zero-order valence-corrected chi connectivity index (χ0v) is 14.5. The van der Waals surface area contributed by atoms with Crippen molar-refractivity contribution in [2.75, 3.05) is 11.4 Å². The van der Waals surface area contributed by atoms with Gasteiger partial charge in [0, 0.05) is 7.05 Å². The largest absolute Gasteiger partial charge is 0.269 e. The third-order valence-electron chi connectivity index (χ3n) is 3.99. The number of anilines is 1. The average molecular weight is 337 g/mol. The zero-order valence-electron chi connectivity index (χ0n) is 13.7. The Balaban J connectivity index is 1.93. The summed E-state index contributed by atoms with van der Waals surface area (Å²) in [6.07, 6.45) is 0. The molecule has 0 radical (unpaired) electrons. The Kier molecular flexibility index (Phi) is 4.40. The first kappa shape index (κ1) is 16.3. The normalized spacial score (nSPS) is 11.2. The second kappa shape index (κ2) is 6.49. The molecule has 3 nitrogen and oxygen atoms in total. The van der Waals surface area contributed by atoms with Gasteiger partial charge in [0.2, 0.25) is 0 Å². The second-order valence-electron chi connectivity index (χ2n) is 5.70. The maximum Gasteiger partial charge on any atom is 0.264 e. The molecule has 3 aromatic carbocycles. The van der Waals surface area contributed by atoms with Gasteiger partial charge in [-0.15, -0.1) is 0 Å². The van der Waals surface area contributed by atoms with Gasteiger partial charge in [-0.25, -0.2) is 8.42 Å². The minimum absolute atomic E-state index is 0.284. The monoisotopic (exact) mass is 337 g/mol. The lowest BCUT2D eigenvalue weighted by Gasteiger charge is -2.20. The van der Waals surface area contributed by atoms with Crippen molar-refractivity contribution in [3.8, 4) is 11.1 Å². The number of nitrogens with zero attached hydrogens (tertiary/aromatic N) is 1. The van der Waals surface area contributed by atoms with Crippen LogP contribution in [0.25, 0.3) is 11.1 Å². The minimum Gasteiger partial charge on any atom is -0.269 e. The standard InChI is InChI=1S/C20H19NO2S/c1-16-7-6-10-19(15-16)21(2)24(22,23)20-13-11-18(12-14-20)17-8-4-3-5-9-17/h3-15H,1-2H3. The fourth-order valence-corrected chi connectivity index (χ4v) is 3.76. The minimum atomic E-state index is -3.57. The summed E-state index contributed by atoms with van der Waals surface area (Å²) in [5.41, 5.74) is 3.73. The molecule has 0 N–H and O–H groups in total. The SMILES string of the molecule is Cc1cccc(N(C)S(=O)(=O)c2ccc(-c3ccccc3)cc2)c1. The van der Waals surface area contributed by atoms with Crippen LogP contribution in [0.5, 0.6) is 0 Å². The quantitative estimate of drug-likeness (QED) is 0.703. The molecular formula is C20H19NO2S. The number of sulfonamides is 1. The van der Waals surface area contributed by atoms with Crippen molar-refractivity contribution in [3.05, 3.63) is 84.4 Å². The number of benzene rings is 3. The fraction of sp³-hybridized carbons (Fsp3) is 0.100. The lowest BCUT2D eigenvalue weighted by atomic mass is 10.1. The van der Waals surface area contributed by atoms with Gasteiger partial charge < -0.3 is 0 Å². The fourth-order valence-electron chi connectivity index (χ4n) is 2.57. The van der Waals surface area contributed by atoms with Gasteiger partial charge in [-0.05, 0) is 47.9 Å². The Bertz CT molecular complexity index is 933. The summed E-state index contributed by atoms with van der Waals surface area (Å²) in [7, 11) is -2.00. The molecule has 0 atom stereocenters. The van der Waals surface area contributed by atoms with E-state index in [0.717, 1.165) is 16.7 Å². The van der Waals surface area contributed by atoms with Crippen molar-refractivity contribution >= 4 is 15.7 Å². The van der Waals surface area contributed by atoms with Crippen molar-refractivity contribution in [3.63, 3.8) is 0 Å². The molecule has 3 aromatic rings. The van der Waals surface area contributed by atoms with Crippen molar-refractivity contribution in [2.24, 2.45) is 0 Å². The summed E-state index contributed by atoms with van der Waals surface area (Å²) < 4.78 is 27.0. The summed E-state index contributed by atoms with van der Waals surface area (Å²) in [5, 5.41) is 0. The summed E-state index contributed by atoms with van der Waals surface area (Å²) >= 11 is 0. The molecule has 0 aromatic heterocycles. The molecule has 3 rings (SSSR count). The van der Waals surface area contributed by atoms with Crippen LogP contribution in [0.4, 0.5) is 5.69 Å². The van der Waals surface area contributed by atoms with E-state index in [1.165, 1.54) is 4.31 Å². The molecule has 0 saturated carbocycles. The molecule has 0 aliphatic heterocycles. The Labute approximate surface area is 143 Å². The second-order valence-corrected chi connectivity index (χ2v) is 7.67. The third-order valence-corrected chi connectivity index (χ3v) is 5.78. The first-order chi connectivity index (χ1) is 11.5. The molecule has 0 bridgehead atoms. The van der Waals surface area contributed by atoms with Crippen LogP contribution in [0.1, 0.15) is 5.56 Å². The van der Waals surface area contributed by atoms with Crippen LogP contribution < -0.4 is 4.31 Å². The van der Waals surface area contributed by atoms with Gasteiger partial charge in [0.25, 0.3) is 10.0 Å². The average Bonchev–Trinajstić information content (AvgIpc) is 2.62. The van der Waals surface area contributed by atoms with E-state index in [9.17, 15) is 8.42 Å². The number of rotatable bonds is 4. The van der Waals surface area contributed by atoms with Gasteiger partial charge in [-0.2, -0.15) is 0 Å². The maximum absolute atomic E-state index is 12.8. The van der Waals surface area contributed by atoms with Crippen molar-refractivity contribution < 1.29 is 8.42 Å². The molecule has 0 heterocycles. The van der Waals surface area contributed by atoms with E-state index in [0.29, 0.717) is 5.69 Å². The van der Waals surface area contributed by atoms with Crippen LogP contribution >= 0.6 is 0 Å². The smallest absolute Gasteiger partial charge is 0.264 e. The Morgan fingerprint density at radius 2 is 1.38 bits per heavy atom. The Morgan fingerprint density at radius 3 is 2.00 bits per heavy atom. The van der Waals surface area contributed by atoms with E-state index >= 15 is 0 Å². The molecule has 0 spiro atoms. The number of hydrogen-bond donors (Lipinski definition) is 0. The highest BCUT2D eigenvalue weighted by Gasteiger charge is 2.21. The van der Waals surface area contributed by atoms with Crippen LogP contribution in [0, 0.1) is 6.92 Å². The molecule has 0 unspecified atom stereocenters. The van der Waals surface area contributed by atoms with Gasteiger partial charge in [0.1, 0.15) is 0 Å². The number of aryl methyl sites for hydroxylation is 1. The summed E-state index contributed by atoms with van der Waals surface area (Å²) in [6, 6.07) is 24.3. The zero-order chi connectivity index (χ0) is 17.2. The molecule has 0 fully saturated rings. The van der Waals surface area contributed by atoms with E-state index < -0.39 is 10.0 Å². The molecule has 0 aliphatic rings. The van der Waals surface area contributed by atoms with Crippen molar-refractivity contribution in [1.82, 2.24) is 0 Å². The molecule has 0 aliphatic carbocycles. The molecule has 4 heteroatoms. The predicted octanol–water partition coefficient (Wildman–Crippen LogP) is 4.49. The Morgan fingerprint density at radius 1 is 0.750 bits per heavy atom. The first-order valence-corrected chi connectivity index (χ1v) is 9.13. The van der Waals surface area contributed by atoms with Crippen LogP contribution in [0.2, 0.25) is 0 Å². The maximum atomic E-state index is 12.8. The molecule has 24 heavy (non-hydrogen) atoms. The van der Waals surface area contributed by atoms with E-state index in [1.807, 2.05) is 67.6 Å². The molecule has 0 saturated heterocycles. The number of hydrogen-bond acceptors (Lipinski definition) is 2. The summed E-state index contributed by atoms with van der Waals surface area (Å²) in [6.45, 7) is 1.94. The van der Waals surface area contributed by atoms with E-state index in [1.54, 1.807) is 25.2 Å². The molecule has 122 valence electrons. The summed E-state index contributed by atoms with van der Waals surface area (Å²) in [4.78, 5) is 0.284. The summed E-state index contributed by atoms with van der Waals surface area (Å²) in [5.74, 6) is 0. The van der Waals surface area contributed by atoms with E-state index in [4.69, 9.17) is 0 Å². The highest BCUT2D eigenvalue weighted by Crippen LogP contribution is 2.25. The van der Waals surface area contributed by atoms with Crippen LogP contribution in [0.3, 0.4) is 0 Å². The molecular weight excluding hydrogens is 318 g/mol. The lowest BCUT2D eigenvalue weighted by Crippen LogP contribution is -2.26. The van der Waals surface area contributed by atoms with Gasteiger partial charge in [0.15, 0.2) is 0 Å². The van der Waals surface area contributed by atoms with Crippen molar-refractivity contribution in [2.45, 2.75) is 11.8 Å². The predicted molar refractivity (Wildman–Crippen MR) is 98.6 cm³/mol. The van der Waals surface area contributed by atoms with Crippen molar-refractivity contribution in [1.29, 1.82) is 0 Å². The van der Waals surface area contributed by atoms with Crippen LogP contribution in [0.15, 0.2) is 83.8 Å². The van der Waals surface area contributed by atoms with E-state index in [2.05, 4.69) is 0 Å². The van der Waals surface area contributed by atoms with Crippen LogP contribution in [-0.2, 0) is 10.0 Å². The Hall–Kier alpha value is -2.59. The molecule has 0 amide bonds. The van der Waals surface area contributed by atoms with Gasteiger partial charge >= 0.3 is 0 Å². The highest BCUT2D eigenvalue weighted by molar-refractivity contribution is 7.92. The topological polar surface area (TPSA) is 37.4 Å². The van der Waals surface area contributed by atoms with Gasteiger partial charge in [0.05, 0.1) is 10.6 Å².